The first kappa shape index (κ1) is 13.2. The summed E-state index contributed by atoms with van der Waals surface area (Å²) in [5.74, 6) is 6.17. The Balaban J connectivity index is 1.93. The highest BCUT2D eigenvalue weighted by molar-refractivity contribution is 5.65. The molecule has 6 nitrogen and oxygen atoms in total. The molecule has 1 aromatic rings. The van der Waals surface area contributed by atoms with Crippen LogP contribution in [0.15, 0.2) is 18.2 Å². The standard InChI is InChI=1S/C14H20N4O2/c15-16-11-7-12(9-13(8-11)18(19)20)17-6-5-10-3-1-2-4-14(10)17/h7-10,14,16H,1-6,15H2. The summed E-state index contributed by atoms with van der Waals surface area (Å²) in [6, 6.07) is 5.58. The van der Waals surface area contributed by atoms with Crippen molar-refractivity contribution in [3.05, 3.63) is 28.3 Å². The predicted octanol–water partition coefficient (Wildman–Crippen LogP) is 2.65. The van der Waals surface area contributed by atoms with Gasteiger partial charge < -0.3 is 10.3 Å². The lowest BCUT2D eigenvalue weighted by Gasteiger charge is -2.33. The minimum atomic E-state index is -0.362. The van der Waals surface area contributed by atoms with Gasteiger partial charge in [0.15, 0.2) is 0 Å². The molecular weight excluding hydrogens is 256 g/mol. The van der Waals surface area contributed by atoms with Crippen LogP contribution in [-0.4, -0.2) is 17.5 Å². The second-order valence-electron chi connectivity index (χ2n) is 5.73. The van der Waals surface area contributed by atoms with Crippen LogP contribution < -0.4 is 16.2 Å². The number of benzene rings is 1. The Hall–Kier alpha value is -1.82. The van der Waals surface area contributed by atoms with E-state index in [4.69, 9.17) is 5.84 Å². The molecule has 1 heterocycles. The van der Waals surface area contributed by atoms with Crippen molar-refractivity contribution in [1.29, 1.82) is 0 Å². The number of rotatable bonds is 3. The number of nitro groups is 1. The number of fused-ring (bicyclic) bond motifs is 1. The summed E-state index contributed by atoms with van der Waals surface area (Å²) in [5.41, 5.74) is 4.13. The smallest absolute Gasteiger partial charge is 0.273 e. The van der Waals surface area contributed by atoms with Gasteiger partial charge in [-0.15, -0.1) is 0 Å². The molecule has 2 fully saturated rings. The third-order valence-electron chi connectivity index (χ3n) is 4.62. The normalized spacial score (nSPS) is 25.4. The van der Waals surface area contributed by atoms with Crippen LogP contribution in [0.25, 0.3) is 0 Å². The molecule has 0 amide bonds. The van der Waals surface area contributed by atoms with Crippen molar-refractivity contribution in [2.24, 2.45) is 11.8 Å². The number of nitrogens with two attached hydrogens (primary N) is 1. The topological polar surface area (TPSA) is 84.4 Å². The highest BCUT2D eigenvalue weighted by Crippen LogP contribution is 2.40. The van der Waals surface area contributed by atoms with Gasteiger partial charge >= 0.3 is 0 Å². The summed E-state index contributed by atoms with van der Waals surface area (Å²) in [6.07, 6.45) is 6.25. The minimum absolute atomic E-state index is 0.0923. The summed E-state index contributed by atoms with van der Waals surface area (Å²) in [5, 5.41) is 11.0. The van der Waals surface area contributed by atoms with Crippen LogP contribution >= 0.6 is 0 Å². The monoisotopic (exact) mass is 276 g/mol. The Kier molecular flexibility index (Phi) is 3.48. The fraction of sp³-hybridized carbons (Fsp3) is 0.571. The average molecular weight is 276 g/mol. The first-order valence-electron chi connectivity index (χ1n) is 7.22. The number of nitrogens with one attached hydrogen (secondary N) is 1. The molecule has 108 valence electrons. The second kappa shape index (κ2) is 5.28. The zero-order valence-electron chi connectivity index (χ0n) is 11.4. The van der Waals surface area contributed by atoms with Crippen molar-refractivity contribution in [3.63, 3.8) is 0 Å². The van der Waals surface area contributed by atoms with E-state index in [1.165, 1.54) is 38.2 Å². The number of non-ortho nitro benzene ring substituents is 1. The van der Waals surface area contributed by atoms with Crippen molar-refractivity contribution >= 4 is 17.1 Å². The van der Waals surface area contributed by atoms with Crippen LogP contribution in [0.4, 0.5) is 17.1 Å². The summed E-state index contributed by atoms with van der Waals surface area (Å²) < 4.78 is 0. The number of nitro benzene ring substituents is 1. The van der Waals surface area contributed by atoms with Gasteiger partial charge in [0.1, 0.15) is 0 Å². The zero-order chi connectivity index (χ0) is 14.1. The third-order valence-corrected chi connectivity index (χ3v) is 4.62. The Morgan fingerprint density at radius 2 is 2.05 bits per heavy atom. The fourth-order valence-corrected chi connectivity index (χ4v) is 3.68. The quantitative estimate of drug-likeness (QED) is 0.503. The molecule has 2 atom stereocenters. The van der Waals surface area contributed by atoms with Gasteiger partial charge in [0.25, 0.3) is 5.69 Å². The maximum Gasteiger partial charge on any atom is 0.273 e. The van der Waals surface area contributed by atoms with E-state index in [0.29, 0.717) is 11.7 Å². The highest BCUT2D eigenvalue weighted by atomic mass is 16.6. The van der Waals surface area contributed by atoms with Crippen LogP contribution in [0.2, 0.25) is 0 Å². The second-order valence-corrected chi connectivity index (χ2v) is 5.73. The molecule has 1 aromatic carbocycles. The van der Waals surface area contributed by atoms with Crippen molar-refractivity contribution < 1.29 is 4.92 Å². The van der Waals surface area contributed by atoms with Crippen molar-refractivity contribution in [2.45, 2.75) is 38.1 Å². The first-order chi connectivity index (χ1) is 9.69. The van der Waals surface area contributed by atoms with E-state index in [0.717, 1.165) is 18.2 Å². The number of nitrogens with zero attached hydrogens (tertiary/aromatic N) is 2. The molecule has 0 spiro atoms. The van der Waals surface area contributed by atoms with Gasteiger partial charge in [-0.2, -0.15) is 0 Å². The lowest BCUT2D eigenvalue weighted by atomic mass is 9.85. The Bertz CT molecular complexity index is 520. The maximum atomic E-state index is 11.0. The van der Waals surface area contributed by atoms with Gasteiger partial charge in [-0.25, -0.2) is 0 Å². The van der Waals surface area contributed by atoms with Gasteiger partial charge in [0.2, 0.25) is 0 Å². The van der Waals surface area contributed by atoms with Crippen LogP contribution in [-0.2, 0) is 0 Å². The molecule has 2 unspecified atom stereocenters. The SMILES string of the molecule is NNc1cc(N2CCC3CCCCC32)cc([N+](=O)[O-])c1. The number of hydrazine groups is 1. The van der Waals surface area contributed by atoms with Crippen LogP contribution in [0, 0.1) is 16.0 Å². The molecule has 0 bridgehead atoms. The van der Waals surface area contributed by atoms with Gasteiger partial charge in [-0.3, -0.25) is 16.0 Å². The Morgan fingerprint density at radius 1 is 1.25 bits per heavy atom. The molecule has 0 aromatic heterocycles. The van der Waals surface area contributed by atoms with Gasteiger partial charge in [-0.1, -0.05) is 12.8 Å². The molecule has 3 N–H and O–H groups in total. The molecule has 1 saturated heterocycles. The molecule has 1 aliphatic carbocycles. The molecule has 0 radical (unpaired) electrons. The van der Waals surface area contributed by atoms with Crippen molar-refractivity contribution in [3.8, 4) is 0 Å². The Labute approximate surface area is 118 Å². The van der Waals surface area contributed by atoms with Crippen LogP contribution in [0.3, 0.4) is 0 Å². The molecule has 1 saturated carbocycles. The third kappa shape index (κ3) is 2.31. The van der Waals surface area contributed by atoms with Crippen LogP contribution in [0.5, 0.6) is 0 Å². The van der Waals surface area contributed by atoms with Crippen molar-refractivity contribution in [1.82, 2.24) is 0 Å². The first-order valence-corrected chi connectivity index (χ1v) is 7.22. The largest absolute Gasteiger partial charge is 0.368 e. The summed E-state index contributed by atoms with van der Waals surface area (Å²) >= 11 is 0. The molecule has 3 rings (SSSR count). The van der Waals surface area contributed by atoms with Gasteiger partial charge in [0.05, 0.1) is 10.6 Å². The maximum absolute atomic E-state index is 11.0. The van der Waals surface area contributed by atoms with E-state index in [-0.39, 0.29) is 10.6 Å². The van der Waals surface area contributed by atoms with E-state index in [1.54, 1.807) is 6.07 Å². The number of hydrogen-bond acceptors (Lipinski definition) is 5. The molecule has 1 aliphatic heterocycles. The van der Waals surface area contributed by atoms with Crippen molar-refractivity contribution in [2.75, 3.05) is 16.9 Å². The number of hydrogen-bond donors (Lipinski definition) is 2. The summed E-state index contributed by atoms with van der Waals surface area (Å²) in [7, 11) is 0. The van der Waals surface area contributed by atoms with Gasteiger partial charge in [0, 0.05) is 30.4 Å². The highest BCUT2D eigenvalue weighted by Gasteiger charge is 2.36. The lowest BCUT2D eigenvalue weighted by Crippen LogP contribution is -2.34. The van der Waals surface area contributed by atoms with E-state index in [9.17, 15) is 10.1 Å². The predicted molar refractivity (Wildman–Crippen MR) is 78.6 cm³/mol. The molecule has 6 heteroatoms. The lowest BCUT2D eigenvalue weighted by molar-refractivity contribution is -0.384. The molecular formula is C14H20N4O2. The average Bonchev–Trinajstić information content (AvgIpc) is 2.90. The number of nitrogen functional groups attached to an aromatic ring is 1. The zero-order valence-corrected chi connectivity index (χ0v) is 11.4. The number of anilines is 2. The van der Waals surface area contributed by atoms with E-state index in [2.05, 4.69) is 10.3 Å². The summed E-state index contributed by atoms with van der Waals surface area (Å²) in [6.45, 7) is 0.987. The van der Waals surface area contributed by atoms with E-state index in [1.807, 2.05) is 6.07 Å². The molecule has 2 aliphatic rings. The Morgan fingerprint density at radius 3 is 2.80 bits per heavy atom. The minimum Gasteiger partial charge on any atom is -0.368 e. The van der Waals surface area contributed by atoms with E-state index < -0.39 is 0 Å². The van der Waals surface area contributed by atoms with Crippen LogP contribution in [0.1, 0.15) is 32.1 Å². The molecule has 20 heavy (non-hydrogen) atoms. The van der Waals surface area contributed by atoms with E-state index >= 15 is 0 Å². The summed E-state index contributed by atoms with van der Waals surface area (Å²) in [4.78, 5) is 13.0. The fourth-order valence-electron chi connectivity index (χ4n) is 3.68. The van der Waals surface area contributed by atoms with Gasteiger partial charge in [-0.05, 0) is 31.2 Å².